The van der Waals surface area contributed by atoms with Crippen molar-refractivity contribution >= 4 is 21.8 Å². The van der Waals surface area contributed by atoms with E-state index in [-0.39, 0.29) is 0 Å². The summed E-state index contributed by atoms with van der Waals surface area (Å²) in [7, 11) is -3.47. The van der Waals surface area contributed by atoms with E-state index in [4.69, 9.17) is 4.74 Å². The Balaban J connectivity index is 1.74. The van der Waals surface area contributed by atoms with Crippen molar-refractivity contribution < 1.29 is 13.2 Å². The lowest BCUT2D eigenvalue weighted by Gasteiger charge is -2.20. The average molecular weight is 392 g/mol. The number of rotatable bonds is 5. The monoisotopic (exact) mass is 391 g/mol. The van der Waals surface area contributed by atoms with Crippen LogP contribution in [-0.2, 0) is 10.0 Å². The van der Waals surface area contributed by atoms with E-state index in [1.807, 2.05) is 24.8 Å². The second kappa shape index (κ2) is 8.46. The molecule has 0 aromatic heterocycles. The molecule has 1 heterocycles. The lowest BCUT2D eigenvalue weighted by atomic mass is 10.0. The van der Waals surface area contributed by atoms with E-state index < -0.39 is 10.0 Å². The Morgan fingerprint density at radius 2 is 1.85 bits per heavy atom. The standard InChI is InChI=1S/C20H25NO3S2/c1-3-24-17-8-10-18(11-9-17)26(22,23)21-13-12-20(25-15-14-21)19-7-5-4-6-16(19)2/h4-11,20H,3,12-15H2,1-2H3. The van der Waals surface area contributed by atoms with E-state index in [0.29, 0.717) is 35.6 Å². The van der Waals surface area contributed by atoms with Crippen LogP contribution in [0.2, 0.25) is 0 Å². The van der Waals surface area contributed by atoms with E-state index >= 15 is 0 Å². The van der Waals surface area contributed by atoms with Crippen LogP contribution in [0.5, 0.6) is 5.75 Å². The summed E-state index contributed by atoms with van der Waals surface area (Å²) in [6, 6.07) is 15.1. The highest BCUT2D eigenvalue weighted by Gasteiger charge is 2.28. The summed E-state index contributed by atoms with van der Waals surface area (Å²) >= 11 is 1.85. The lowest BCUT2D eigenvalue weighted by Crippen LogP contribution is -2.33. The van der Waals surface area contributed by atoms with Gasteiger partial charge >= 0.3 is 0 Å². The normalized spacial score (nSPS) is 19.1. The molecule has 0 radical (unpaired) electrons. The molecule has 0 saturated carbocycles. The number of nitrogens with zero attached hydrogens (tertiary/aromatic N) is 1. The molecule has 0 aliphatic carbocycles. The molecule has 1 aliphatic rings. The molecule has 1 unspecified atom stereocenters. The first-order valence-corrected chi connectivity index (χ1v) is 11.4. The fraction of sp³-hybridized carbons (Fsp3) is 0.400. The van der Waals surface area contributed by atoms with Crippen LogP contribution in [0.4, 0.5) is 0 Å². The predicted octanol–water partition coefficient (Wildman–Crippen LogP) is 4.26. The van der Waals surface area contributed by atoms with Gasteiger partial charge in [-0.05, 0) is 55.7 Å². The first-order chi connectivity index (χ1) is 12.5. The van der Waals surface area contributed by atoms with Crippen LogP contribution in [0.1, 0.15) is 29.7 Å². The highest BCUT2D eigenvalue weighted by atomic mass is 32.2. The third kappa shape index (κ3) is 4.24. The molecule has 1 fully saturated rings. The number of hydrogen-bond acceptors (Lipinski definition) is 4. The molecule has 3 rings (SSSR count). The summed E-state index contributed by atoms with van der Waals surface area (Å²) in [6.45, 7) is 5.68. The summed E-state index contributed by atoms with van der Waals surface area (Å²) in [6.07, 6.45) is 0.825. The molecule has 1 aliphatic heterocycles. The molecule has 6 heteroatoms. The van der Waals surface area contributed by atoms with Crippen molar-refractivity contribution in [2.75, 3.05) is 25.4 Å². The molecule has 1 saturated heterocycles. The molecule has 2 aromatic carbocycles. The molecule has 1 atom stereocenters. The van der Waals surface area contributed by atoms with Crippen molar-refractivity contribution in [1.29, 1.82) is 0 Å². The predicted molar refractivity (Wildman–Crippen MR) is 107 cm³/mol. The van der Waals surface area contributed by atoms with Gasteiger partial charge < -0.3 is 4.74 Å². The Hall–Kier alpha value is -1.50. The summed E-state index contributed by atoms with van der Waals surface area (Å²) in [5.41, 5.74) is 2.59. The molecule has 0 amide bonds. The van der Waals surface area contributed by atoms with Crippen LogP contribution in [-0.4, -0.2) is 38.2 Å². The van der Waals surface area contributed by atoms with Gasteiger partial charge in [-0.3, -0.25) is 0 Å². The van der Waals surface area contributed by atoms with E-state index in [1.54, 1.807) is 28.6 Å². The zero-order valence-corrected chi connectivity index (χ0v) is 16.9. The number of benzene rings is 2. The minimum Gasteiger partial charge on any atom is -0.494 e. The van der Waals surface area contributed by atoms with E-state index in [1.165, 1.54) is 11.1 Å². The zero-order chi connectivity index (χ0) is 18.6. The number of aryl methyl sites for hydroxylation is 1. The third-order valence-corrected chi connectivity index (χ3v) is 7.83. The summed E-state index contributed by atoms with van der Waals surface area (Å²) < 4.78 is 33.0. The largest absolute Gasteiger partial charge is 0.494 e. The first-order valence-electron chi connectivity index (χ1n) is 8.92. The van der Waals surface area contributed by atoms with Gasteiger partial charge in [-0.2, -0.15) is 16.1 Å². The number of hydrogen-bond donors (Lipinski definition) is 0. The fourth-order valence-corrected chi connectivity index (χ4v) is 6.11. The fourth-order valence-electron chi connectivity index (χ4n) is 3.21. The van der Waals surface area contributed by atoms with E-state index in [9.17, 15) is 8.42 Å². The van der Waals surface area contributed by atoms with Crippen molar-refractivity contribution in [3.8, 4) is 5.75 Å². The topological polar surface area (TPSA) is 46.6 Å². The highest BCUT2D eigenvalue weighted by Crippen LogP contribution is 2.37. The van der Waals surface area contributed by atoms with Gasteiger partial charge in [0, 0.05) is 24.1 Å². The molecule has 0 bridgehead atoms. The molecule has 0 N–H and O–H groups in total. The summed E-state index contributed by atoms with van der Waals surface area (Å²) in [4.78, 5) is 0.334. The van der Waals surface area contributed by atoms with Crippen LogP contribution in [0, 0.1) is 6.92 Å². The van der Waals surface area contributed by atoms with Gasteiger partial charge in [0.25, 0.3) is 0 Å². The highest BCUT2D eigenvalue weighted by molar-refractivity contribution is 7.99. The van der Waals surface area contributed by atoms with Crippen LogP contribution < -0.4 is 4.74 Å². The van der Waals surface area contributed by atoms with Gasteiger partial charge in [0.1, 0.15) is 5.75 Å². The molecule has 2 aromatic rings. The molecule has 0 spiro atoms. The van der Waals surface area contributed by atoms with Crippen molar-refractivity contribution in [2.45, 2.75) is 30.4 Å². The molecular weight excluding hydrogens is 366 g/mol. The Kier molecular flexibility index (Phi) is 6.27. The minimum atomic E-state index is -3.47. The Bertz CT molecular complexity index is 834. The van der Waals surface area contributed by atoms with Crippen LogP contribution in [0.3, 0.4) is 0 Å². The summed E-state index contributed by atoms with van der Waals surface area (Å²) in [5, 5.41) is 0.344. The first kappa shape index (κ1) is 19.3. The Morgan fingerprint density at radius 1 is 1.12 bits per heavy atom. The average Bonchev–Trinajstić information content (AvgIpc) is 2.89. The second-order valence-electron chi connectivity index (χ2n) is 6.31. The van der Waals surface area contributed by atoms with Crippen molar-refractivity contribution in [3.63, 3.8) is 0 Å². The van der Waals surface area contributed by atoms with E-state index in [0.717, 1.165) is 12.2 Å². The molecular formula is C20H25NO3S2. The maximum absolute atomic E-state index is 13.0. The summed E-state index contributed by atoms with van der Waals surface area (Å²) in [5.74, 6) is 1.49. The molecule has 26 heavy (non-hydrogen) atoms. The maximum atomic E-state index is 13.0. The smallest absolute Gasteiger partial charge is 0.243 e. The zero-order valence-electron chi connectivity index (χ0n) is 15.2. The quantitative estimate of drug-likeness (QED) is 0.764. The van der Waals surface area contributed by atoms with Gasteiger partial charge in [0.15, 0.2) is 0 Å². The molecule has 4 nitrogen and oxygen atoms in total. The second-order valence-corrected chi connectivity index (χ2v) is 9.56. The Morgan fingerprint density at radius 3 is 2.54 bits per heavy atom. The van der Waals surface area contributed by atoms with Crippen LogP contribution in [0.25, 0.3) is 0 Å². The van der Waals surface area contributed by atoms with Gasteiger partial charge in [0.05, 0.1) is 11.5 Å². The van der Waals surface area contributed by atoms with Crippen molar-refractivity contribution in [1.82, 2.24) is 4.31 Å². The van der Waals surface area contributed by atoms with Gasteiger partial charge in [-0.15, -0.1) is 0 Å². The number of ether oxygens (including phenoxy) is 1. The maximum Gasteiger partial charge on any atom is 0.243 e. The van der Waals surface area contributed by atoms with Gasteiger partial charge in [-0.25, -0.2) is 8.42 Å². The number of sulfonamides is 1. The van der Waals surface area contributed by atoms with E-state index in [2.05, 4.69) is 25.1 Å². The molecule has 140 valence electrons. The Labute approximate surface area is 160 Å². The van der Waals surface area contributed by atoms with Crippen molar-refractivity contribution in [3.05, 3.63) is 59.7 Å². The van der Waals surface area contributed by atoms with Crippen LogP contribution >= 0.6 is 11.8 Å². The lowest BCUT2D eigenvalue weighted by molar-refractivity contribution is 0.340. The number of thioether (sulfide) groups is 1. The third-order valence-electron chi connectivity index (χ3n) is 4.61. The minimum absolute atomic E-state index is 0.334. The van der Waals surface area contributed by atoms with Crippen molar-refractivity contribution in [2.24, 2.45) is 0 Å². The van der Waals surface area contributed by atoms with Crippen LogP contribution in [0.15, 0.2) is 53.4 Å². The van der Waals surface area contributed by atoms with Gasteiger partial charge in [0.2, 0.25) is 10.0 Å². The van der Waals surface area contributed by atoms with Gasteiger partial charge in [-0.1, -0.05) is 24.3 Å². The SMILES string of the molecule is CCOc1ccc(S(=O)(=O)N2CCSC(c3ccccc3C)CC2)cc1.